The lowest BCUT2D eigenvalue weighted by molar-refractivity contribution is 0.949. The summed E-state index contributed by atoms with van der Waals surface area (Å²) in [6, 6.07) is 15.4. The maximum absolute atomic E-state index is 4.91. The van der Waals surface area contributed by atoms with Crippen LogP contribution in [0.2, 0.25) is 0 Å². The summed E-state index contributed by atoms with van der Waals surface area (Å²) < 4.78 is 0. The molecule has 0 aliphatic carbocycles. The minimum atomic E-state index is 1.08. The molecular formula is C21H22N2S. The van der Waals surface area contributed by atoms with Crippen molar-refractivity contribution in [3.05, 3.63) is 59.0 Å². The molecule has 1 aromatic heterocycles. The first-order valence-corrected chi connectivity index (χ1v) is 9.47. The van der Waals surface area contributed by atoms with Crippen molar-refractivity contribution in [3.63, 3.8) is 0 Å². The number of nitrogens with zero attached hydrogens (tertiary/aromatic N) is 2. The Balaban J connectivity index is 1.66. The highest BCUT2D eigenvalue weighted by molar-refractivity contribution is 7.13. The molecule has 1 fully saturated rings. The van der Waals surface area contributed by atoms with Gasteiger partial charge in [0.05, 0.1) is 5.69 Å². The summed E-state index contributed by atoms with van der Waals surface area (Å²) in [6.07, 6.45) is 2.61. The molecule has 0 atom stereocenters. The van der Waals surface area contributed by atoms with E-state index in [0.29, 0.717) is 0 Å². The lowest BCUT2D eigenvalue weighted by Gasteiger charge is -2.17. The SMILES string of the molecule is Cc1ccc(-c2csc(-c3cccc(N4CCCC4)c3)n2)c(C)c1. The Bertz CT molecular complexity index is 860. The third-order valence-corrected chi connectivity index (χ3v) is 5.62. The van der Waals surface area contributed by atoms with Crippen LogP contribution in [-0.2, 0) is 0 Å². The van der Waals surface area contributed by atoms with Crippen molar-refractivity contribution in [2.75, 3.05) is 18.0 Å². The van der Waals surface area contributed by atoms with Gasteiger partial charge in [0.15, 0.2) is 0 Å². The first kappa shape index (κ1) is 15.4. The van der Waals surface area contributed by atoms with Crippen LogP contribution >= 0.6 is 11.3 Å². The van der Waals surface area contributed by atoms with Crippen LogP contribution < -0.4 is 4.90 Å². The van der Waals surface area contributed by atoms with E-state index in [1.165, 1.54) is 53.9 Å². The van der Waals surface area contributed by atoms with Crippen molar-refractivity contribution in [3.8, 4) is 21.8 Å². The van der Waals surface area contributed by atoms with Gasteiger partial charge in [-0.25, -0.2) is 4.98 Å². The second-order valence-electron chi connectivity index (χ2n) is 6.60. The molecule has 2 heterocycles. The summed E-state index contributed by atoms with van der Waals surface area (Å²) in [4.78, 5) is 7.38. The molecule has 2 nitrogen and oxygen atoms in total. The fraction of sp³-hybridized carbons (Fsp3) is 0.286. The van der Waals surface area contributed by atoms with Gasteiger partial charge in [0, 0.05) is 35.3 Å². The standard InChI is InChI=1S/C21H22N2S/c1-15-8-9-19(16(2)12-15)20-14-24-21(22-20)17-6-5-7-18(13-17)23-10-3-4-11-23/h5-9,12-14H,3-4,10-11H2,1-2H3. The molecule has 2 aromatic carbocycles. The molecule has 0 amide bonds. The monoisotopic (exact) mass is 334 g/mol. The molecular weight excluding hydrogens is 312 g/mol. The average molecular weight is 334 g/mol. The zero-order chi connectivity index (χ0) is 16.5. The number of anilines is 1. The second-order valence-corrected chi connectivity index (χ2v) is 7.46. The van der Waals surface area contributed by atoms with E-state index in [1.54, 1.807) is 11.3 Å². The van der Waals surface area contributed by atoms with Crippen molar-refractivity contribution >= 4 is 17.0 Å². The van der Waals surface area contributed by atoms with E-state index in [-0.39, 0.29) is 0 Å². The molecule has 0 bridgehead atoms. The summed E-state index contributed by atoms with van der Waals surface area (Å²) in [7, 11) is 0. The normalized spacial score (nSPS) is 14.3. The molecule has 0 unspecified atom stereocenters. The Morgan fingerprint density at radius 1 is 1.00 bits per heavy atom. The highest BCUT2D eigenvalue weighted by Crippen LogP contribution is 2.33. The van der Waals surface area contributed by atoms with Crippen molar-refractivity contribution in [2.45, 2.75) is 26.7 Å². The largest absolute Gasteiger partial charge is 0.372 e. The number of hydrogen-bond acceptors (Lipinski definition) is 3. The van der Waals surface area contributed by atoms with Gasteiger partial charge in [0.2, 0.25) is 0 Å². The van der Waals surface area contributed by atoms with Gasteiger partial charge in [-0.15, -0.1) is 11.3 Å². The smallest absolute Gasteiger partial charge is 0.124 e. The van der Waals surface area contributed by atoms with Crippen LogP contribution in [0.1, 0.15) is 24.0 Å². The van der Waals surface area contributed by atoms with Crippen LogP contribution in [0.15, 0.2) is 47.8 Å². The van der Waals surface area contributed by atoms with Gasteiger partial charge in [0.25, 0.3) is 0 Å². The number of thiazole rings is 1. The van der Waals surface area contributed by atoms with Crippen molar-refractivity contribution in [2.24, 2.45) is 0 Å². The minimum Gasteiger partial charge on any atom is -0.372 e. The Kier molecular flexibility index (Phi) is 4.11. The van der Waals surface area contributed by atoms with E-state index in [9.17, 15) is 0 Å². The fourth-order valence-corrected chi connectivity index (χ4v) is 4.26. The summed E-state index contributed by atoms with van der Waals surface area (Å²) >= 11 is 1.73. The second kappa shape index (κ2) is 6.40. The molecule has 0 spiro atoms. The molecule has 1 aliphatic rings. The van der Waals surface area contributed by atoms with Gasteiger partial charge >= 0.3 is 0 Å². The van der Waals surface area contributed by atoms with E-state index >= 15 is 0 Å². The maximum Gasteiger partial charge on any atom is 0.124 e. The van der Waals surface area contributed by atoms with E-state index < -0.39 is 0 Å². The van der Waals surface area contributed by atoms with Gasteiger partial charge in [-0.1, -0.05) is 35.9 Å². The molecule has 1 aliphatic heterocycles. The van der Waals surface area contributed by atoms with Gasteiger partial charge in [-0.05, 0) is 44.4 Å². The number of aromatic nitrogens is 1. The lowest BCUT2D eigenvalue weighted by atomic mass is 10.0. The summed E-state index contributed by atoms with van der Waals surface area (Å²) in [5.41, 5.74) is 7.45. The first-order chi connectivity index (χ1) is 11.7. The van der Waals surface area contributed by atoms with Crippen LogP contribution in [0.25, 0.3) is 21.8 Å². The number of aryl methyl sites for hydroxylation is 2. The van der Waals surface area contributed by atoms with Gasteiger partial charge < -0.3 is 4.90 Å². The summed E-state index contributed by atoms with van der Waals surface area (Å²) in [6.45, 7) is 6.65. The molecule has 0 N–H and O–H groups in total. The van der Waals surface area contributed by atoms with Crippen LogP contribution in [-0.4, -0.2) is 18.1 Å². The molecule has 3 heteroatoms. The molecule has 24 heavy (non-hydrogen) atoms. The highest BCUT2D eigenvalue weighted by Gasteiger charge is 2.14. The predicted molar refractivity (Wildman–Crippen MR) is 104 cm³/mol. The average Bonchev–Trinajstić information content (AvgIpc) is 3.27. The highest BCUT2D eigenvalue weighted by atomic mass is 32.1. The summed E-state index contributed by atoms with van der Waals surface area (Å²) in [5.74, 6) is 0. The van der Waals surface area contributed by atoms with E-state index in [2.05, 4.69) is 66.6 Å². The zero-order valence-corrected chi connectivity index (χ0v) is 15.1. The van der Waals surface area contributed by atoms with Gasteiger partial charge in [-0.2, -0.15) is 0 Å². The Morgan fingerprint density at radius 3 is 2.62 bits per heavy atom. The topological polar surface area (TPSA) is 16.1 Å². The molecule has 0 saturated carbocycles. The predicted octanol–water partition coefficient (Wildman–Crippen LogP) is 5.69. The minimum absolute atomic E-state index is 1.08. The molecule has 0 radical (unpaired) electrons. The lowest BCUT2D eigenvalue weighted by Crippen LogP contribution is -2.17. The van der Waals surface area contributed by atoms with Crippen LogP contribution in [0.3, 0.4) is 0 Å². The Hall–Kier alpha value is -2.13. The van der Waals surface area contributed by atoms with Gasteiger partial charge in [0.1, 0.15) is 5.01 Å². The molecule has 1 saturated heterocycles. The third-order valence-electron chi connectivity index (χ3n) is 4.73. The van der Waals surface area contributed by atoms with Crippen LogP contribution in [0, 0.1) is 13.8 Å². The van der Waals surface area contributed by atoms with E-state index in [1.807, 2.05) is 0 Å². The van der Waals surface area contributed by atoms with Crippen molar-refractivity contribution in [1.82, 2.24) is 4.98 Å². The number of hydrogen-bond donors (Lipinski definition) is 0. The van der Waals surface area contributed by atoms with Crippen LogP contribution in [0.4, 0.5) is 5.69 Å². The quantitative estimate of drug-likeness (QED) is 0.611. The number of benzene rings is 2. The third kappa shape index (κ3) is 2.96. The Morgan fingerprint density at radius 2 is 1.83 bits per heavy atom. The molecule has 4 rings (SSSR count). The zero-order valence-electron chi connectivity index (χ0n) is 14.2. The maximum atomic E-state index is 4.91. The fourth-order valence-electron chi connectivity index (χ4n) is 3.44. The summed E-state index contributed by atoms with van der Waals surface area (Å²) in [5, 5.41) is 3.28. The molecule has 3 aromatic rings. The van der Waals surface area contributed by atoms with Crippen molar-refractivity contribution in [1.29, 1.82) is 0 Å². The van der Waals surface area contributed by atoms with Gasteiger partial charge in [-0.3, -0.25) is 0 Å². The van der Waals surface area contributed by atoms with Crippen molar-refractivity contribution < 1.29 is 0 Å². The van der Waals surface area contributed by atoms with E-state index in [4.69, 9.17) is 4.98 Å². The van der Waals surface area contributed by atoms with E-state index in [0.717, 1.165) is 10.7 Å². The van der Waals surface area contributed by atoms with Crippen LogP contribution in [0.5, 0.6) is 0 Å². The Labute approximate surface area is 147 Å². The number of rotatable bonds is 3. The first-order valence-electron chi connectivity index (χ1n) is 8.59. The molecule has 122 valence electrons.